The number of aliphatic carboxylic acids is 1. The van der Waals surface area contributed by atoms with Gasteiger partial charge in [-0.25, -0.2) is 9.59 Å². The van der Waals surface area contributed by atoms with Gasteiger partial charge in [0, 0.05) is 24.4 Å². The fraction of sp³-hybridized carbons (Fsp3) is 0.655. The van der Waals surface area contributed by atoms with Crippen LogP contribution in [0.2, 0.25) is 0 Å². The number of cyclic esters (lactones) is 1. The summed E-state index contributed by atoms with van der Waals surface area (Å²) in [5.74, 6) is -3.42. The van der Waals surface area contributed by atoms with Gasteiger partial charge in [-0.15, -0.1) is 0 Å². The molecule has 2 aliphatic heterocycles. The third-order valence-electron chi connectivity index (χ3n) is 8.11. The molecule has 4 atom stereocenters. The maximum absolute atomic E-state index is 13.7. The molecule has 2 heterocycles. The molecule has 1 aromatic rings. The molecule has 4 bridgehead atoms. The topological polar surface area (TPSA) is 134 Å². The number of ether oxygens (including phenoxy) is 2. The van der Waals surface area contributed by atoms with Gasteiger partial charge < -0.3 is 25.2 Å². The van der Waals surface area contributed by atoms with Crippen molar-refractivity contribution < 1.29 is 33.8 Å². The minimum absolute atomic E-state index is 0.0446. The van der Waals surface area contributed by atoms with Crippen LogP contribution < -0.4 is 10.6 Å². The largest absolute Gasteiger partial charge is 0.481 e. The molecular weight excluding hydrogens is 502 g/mol. The van der Waals surface area contributed by atoms with Crippen molar-refractivity contribution in [2.45, 2.75) is 85.7 Å². The predicted molar refractivity (Wildman–Crippen MR) is 143 cm³/mol. The summed E-state index contributed by atoms with van der Waals surface area (Å²) in [5.41, 5.74) is 2.26. The lowest BCUT2D eigenvalue weighted by molar-refractivity contribution is -0.146. The van der Waals surface area contributed by atoms with Gasteiger partial charge in [0.2, 0.25) is 0 Å². The van der Waals surface area contributed by atoms with Crippen molar-refractivity contribution in [2.24, 2.45) is 22.7 Å². The number of alkyl carbamates (subject to hydrolysis) is 1. The molecule has 0 radical (unpaired) electrons. The molecule has 1 aliphatic carbocycles. The van der Waals surface area contributed by atoms with E-state index < -0.39 is 47.6 Å². The van der Waals surface area contributed by atoms with Crippen LogP contribution in [0.5, 0.6) is 0 Å². The number of carboxylic acid groups (broad SMARTS) is 1. The lowest BCUT2D eigenvalue weighted by Crippen LogP contribution is -2.52. The number of hydrogen-bond acceptors (Lipinski definition) is 7. The first kappa shape index (κ1) is 28.9. The summed E-state index contributed by atoms with van der Waals surface area (Å²) in [4.78, 5) is 53.4. The Kier molecular flexibility index (Phi) is 8.25. The maximum Gasteiger partial charge on any atom is 0.410 e. The van der Waals surface area contributed by atoms with E-state index in [2.05, 4.69) is 10.6 Å². The number of ketones is 1. The maximum atomic E-state index is 13.7. The second-order valence-electron chi connectivity index (χ2n) is 13.0. The van der Waals surface area contributed by atoms with E-state index in [0.29, 0.717) is 26.2 Å². The van der Waals surface area contributed by atoms with Crippen LogP contribution >= 0.6 is 0 Å². The number of amides is 2. The summed E-state index contributed by atoms with van der Waals surface area (Å²) in [6.07, 6.45) is -1.06. The second-order valence-corrected chi connectivity index (χ2v) is 13.0. The van der Waals surface area contributed by atoms with Gasteiger partial charge in [-0.1, -0.05) is 52.8 Å². The molecule has 0 aromatic heterocycles. The monoisotopic (exact) mass is 543 g/mol. The van der Waals surface area contributed by atoms with Gasteiger partial charge in [0.1, 0.15) is 6.10 Å². The Bertz CT molecular complexity index is 1130. The molecule has 214 valence electrons. The Morgan fingerprint density at radius 1 is 1.10 bits per heavy atom. The SMILES string of the molecule is CC1(C)CCNCc2cccc3c2CN(C3)C(=O)O[C@@H]2CC(C(=O)[C@H](C(C)(C)C)NC(=O)OC1)[C@@H](C(=O)O)C2. The van der Waals surface area contributed by atoms with E-state index in [1.807, 2.05) is 52.8 Å². The molecule has 10 heteroatoms. The highest BCUT2D eigenvalue weighted by Crippen LogP contribution is 2.38. The molecular formula is C29H41N3O7. The van der Waals surface area contributed by atoms with Gasteiger partial charge >= 0.3 is 18.2 Å². The second kappa shape index (κ2) is 11.2. The summed E-state index contributed by atoms with van der Waals surface area (Å²) in [7, 11) is 0. The Labute approximate surface area is 229 Å². The Morgan fingerprint density at radius 3 is 2.51 bits per heavy atom. The smallest absolute Gasteiger partial charge is 0.410 e. The lowest BCUT2D eigenvalue weighted by atomic mass is 9.77. The number of nitrogens with one attached hydrogen (secondary N) is 2. The number of carboxylic acids is 1. The highest BCUT2D eigenvalue weighted by molar-refractivity contribution is 5.93. The summed E-state index contributed by atoms with van der Waals surface area (Å²) < 4.78 is 11.3. The first-order chi connectivity index (χ1) is 18.2. The summed E-state index contributed by atoms with van der Waals surface area (Å²) >= 11 is 0. The van der Waals surface area contributed by atoms with Crippen molar-refractivity contribution in [2.75, 3.05) is 13.2 Å². The number of hydrogen-bond donors (Lipinski definition) is 3. The highest BCUT2D eigenvalue weighted by atomic mass is 16.6. The van der Waals surface area contributed by atoms with Gasteiger partial charge in [-0.2, -0.15) is 0 Å². The third-order valence-corrected chi connectivity index (χ3v) is 8.11. The molecule has 1 unspecified atom stereocenters. The minimum Gasteiger partial charge on any atom is -0.481 e. The van der Waals surface area contributed by atoms with Crippen molar-refractivity contribution in [3.63, 3.8) is 0 Å². The number of rotatable bonds is 1. The third kappa shape index (κ3) is 6.72. The Balaban J connectivity index is 1.61. The van der Waals surface area contributed by atoms with E-state index in [1.165, 1.54) is 0 Å². The van der Waals surface area contributed by atoms with Gasteiger partial charge in [-0.3, -0.25) is 14.5 Å². The van der Waals surface area contributed by atoms with Crippen molar-refractivity contribution in [3.8, 4) is 0 Å². The van der Waals surface area contributed by atoms with E-state index >= 15 is 0 Å². The highest BCUT2D eigenvalue weighted by Gasteiger charge is 2.49. The number of benzene rings is 1. The Hall–Kier alpha value is -3.14. The summed E-state index contributed by atoms with van der Waals surface area (Å²) in [6.45, 7) is 11.8. The molecule has 1 saturated carbocycles. The molecule has 0 spiro atoms. The fourth-order valence-corrected chi connectivity index (χ4v) is 5.75. The van der Waals surface area contributed by atoms with Crippen LogP contribution in [0.3, 0.4) is 0 Å². The van der Waals surface area contributed by atoms with E-state index in [0.717, 1.165) is 23.1 Å². The number of carbonyl (C=O) groups is 4. The van der Waals surface area contributed by atoms with Crippen LogP contribution in [-0.4, -0.2) is 59.2 Å². The quantitative estimate of drug-likeness (QED) is 0.486. The fourth-order valence-electron chi connectivity index (χ4n) is 5.75. The van der Waals surface area contributed by atoms with Crippen LogP contribution in [0.25, 0.3) is 0 Å². The molecule has 10 nitrogen and oxygen atoms in total. The van der Waals surface area contributed by atoms with Gasteiger partial charge in [0.15, 0.2) is 5.78 Å². The van der Waals surface area contributed by atoms with Gasteiger partial charge in [-0.05, 0) is 47.9 Å². The molecule has 4 rings (SSSR count). The first-order valence-electron chi connectivity index (χ1n) is 13.7. The average Bonchev–Trinajstić information content (AvgIpc) is 3.47. The zero-order chi connectivity index (χ0) is 28.5. The standard InChI is InChI=1S/C29H41N3O7/c1-28(2,3)24-23(33)20-11-19(12-21(20)25(34)35)39-27(37)32-14-18-8-6-7-17(22(18)15-32)13-30-10-9-29(4,5)16-38-26(36)31-24/h6-8,19-21,24,30H,9-16H2,1-5H3,(H,31,36)(H,34,35)/t19-,20?,21+,24-/m1/s1. The molecule has 2 amide bonds. The molecule has 3 aliphatic rings. The van der Waals surface area contributed by atoms with Crippen molar-refractivity contribution in [1.29, 1.82) is 0 Å². The molecule has 39 heavy (non-hydrogen) atoms. The molecule has 1 aromatic carbocycles. The van der Waals surface area contributed by atoms with Crippen LogP contribution in [0.15, 0.2) is 18.2 Å². The predicted octanol–water partition coefficient (Wildman–Crippen LogP) is 3.85. The molecule has 0 saturated heterocycles. The van der Waals surface area contributed by atoms with Crippen LogP contribution in [-0.2, 0) is 38.7 Å². The van der Waals surface area contributed by atoms with E-state index in [4.69, 9.17) is 9.47 Å². The first-order valence-corrected chi connectivity index (χ1v) is 13.7. The van der Waals surface area contributed by atoms with E-state index in [9.17, 15) is 24.3 Å². The molecule has 1 fully saturated rings. The van der Waals surface area contributed by atoms with Crippen molar-refractivity contribution >= 4 is 23.9 Å². The zero-order valence-electron chi connectivity index (χ0n) is 23.5. The van der Waals surface area contributed by atoms with Crippen molar-refractivity contribution in [1.82, 2.24) is 15.5 Å². The Morgan fingerprint density at radius 2 is 1.82 bits per heavy atom. The zero-order valence-corrected chi connectivity index (χ0v) is 23.5. The van der Waals surface area contributed by atoms with Crippen LogP contribution in [0.4, 0.5) is 9.59 Å². The summed E-state index contributed by atoms with van der Waals surface area (Å²) in [5, 5.41) is 16.1. The van der Waals surface area contributed by atoms with Crippen LogP contribution in [0.1, 0.15) is 70.6 Å². The summed E-state index contributed by atoms with van der Waals surface area (Å²) in [6, 6.07) is 5.06. The lowest BCUT2D eigenvalue weighted by Gasteiger charge is -2.33. The van der Waals surface area contributed by atoms with Gasteiger partial charge in [0.25, 0.3) is 0 Å². The van der Waals surface area contributed by atoms with Gasteiger partial charge in [0.05, 0.1) is 25.1 Å². The number of carbonyl (C=O) groups excluding carboxylic acids is 3. The number of Topliss-reactive ketones (excluding diaryl/α,β-unsaturated/α-hetero) is 1. The number of fused-ring (bicyclic) bond motifs is 3. The normalized spacial score (nSPS) is 28.3. The van der Waals surface area contributed by atoms with Crippen LogP contribution in [0, 0.1) is 22.7 Å². The minimum atomic E-state index is -1.12. The van der Waals surface area contributed by atoms with Crippen molar-refractivity contribution in [3.05, 3.63) is 34.9 Å². The number of nitrogens with zero attached hydrogens (tertiary/aromatic N) is 1. The molecule has 3 N–H and O–H groups in total. The average molecular weight is 544 g/mol. The van der Waals surface area contributed by atoms with E-state index in [1.54, 1.807) is 4.90 Å². The van der Waals surface area contributed by atoms with E-state index in [-0.39, 0.29) is 30.6 Å².